The van der Waals surface area contributed by atoms with Gasteiger partial charge in [-0.3, -0.25) is 0 Å². The standard InChI is InChI=1S/C41H48N2O2/c1-24(2)30-17-13-18-31(25(3)4)38(30)42-40-34-21-11-15-29-16-12-22-35(37(29)34)41(40,28(9)23-36(44)45-10)43-39-32(26(5)6)19-14-20-33(39)27(7)8/h11-27,43H,1-10H3. The molecule has 0 aliphatic heterocycles. The Morgan fingerprint density at radius 2 is 1.22 bits per heavy atom. The number of carbonyl (C=O) groups is 1. The van der Waals surface area contributed by atoms with Crippen molar-refractivity contribution in [2.24, 2.45) is 4.99 Å². The first-order chi connectivity index (χ1) is 21.4. The number of esters is 1. The van der Waals surface area contributed by atoms with Crippen LogP contribution in [0.1, 0.15) is 119 Å². The van der Waals surface area contributed by atoms with E-state index in [-0.39, 0.29) is 29.6 Å². The predicted octanol–water partition coefficient (Wildman–Crippen LogP) is 10.9. The summed E-state index contributed by atoms with van der Waals surface area (Å²) in [5.41, 5.74) is 9.97. The summed E-state index contributed by atoms with van der Waals surface area (Å²) in [5, 5.41) is 6.46. The molecule has 1 aliphatic carbocycles. The number of aliphatic imine (C=N–C) groups is 1. The first-order valence-electron chi connectivity index (χ1n) is 16.3. The molecule has 4 aromatic rings. The normalized spacial score (nSPS) is 17.4. The van der Waals surface area contributed by atoms with Crippen molar-refractivity contribution in [3.63, 3.8) is 0 Å². The van der Waals surface area contributed by atoms with Crippen LogP contribution in [0.4, 0.5) is 11.4 Å². The molecule has 0 aromatic heterocycles. The molecule has 1 aliphatic rings. The Kier molecular flexibility index (Phi) is 9.07. The second kappa shape index (κ2) is 12.7. The van der Waals surface area contributed by atoms with Gasteiger partial charge in [-0.15, -0.1) is 0 Å². The third kappa shape index (κ3) is 5.60. The fourth-order valence-electron chi connectivity index (χ4n) is 6.93. The molecule has 0 heterocycles. The van der Waals surface area contributed by atoms with Gasteiger partial charge in [0.05, 0.1) is 18.5 Å². The zero-order valence-corrected chi connectivity index (χ0v) is 28.6. The number of hydrogen-bond acceptors (Lipinski definition) is 4. The lowest BCUT2D eigenvalue weighted by atomic mass is 9.79. The number of ether oxygens (including phenoxy) is 1. The maximum Gasteiger partial charge on any atom is 0.330 e. The topological polar surface area (TPSA) is 50.7 Å². The number of para-hydroxylation sites is 2. The number of benzene rings is 4. The molecule has 4 heteroatoms. The maximum absolute atomic E-state index is 13.0. The highest BCUT2D eigenvalue weighted by Gasteiger charge is 2.48. The van der Waals surface area contributed by atoms with E-state index < -0.39 is 5.54 Å². The van der Waals surface area contributed by atoms with Gasteiger partial charge in [-0.25, -0.2) is 9.79 Å². The molecule has 1 N–H and O–H groups in total. The highest BCUT2D eigenvalue weighted by atomic mass is 16.5. The van der Waals surface area contributed by atoms with Gasteiger partial charge in [-0.2, -0.15) is 0 Å². The minimum atomic E-state index is -0.940. The molecule has 0 fully saturated rings. The summed E-state index contributed by atoms with van der Waals surface area (Å²) in [7, 11) is 1.43. The van der Waals surface area contributed by atoms with Crippen LogP contribution in [-0.4, -0.2) is 18.8 Å². The van der Waals surface area contributed by atoms with Crippen molar-refractivity contribution in [3.05, 3.63) is 118 Å². The number of nitrogens with zero attached hydrogens (tertiary/aromatic N) is 1. The van der Waals surface area contributed by atoms with Crippen molar-refractivity contribution < 1.29 is 9.53 Å². The van der Waals surface area contributed by atoms with Crippen LogP contribution in [0.3, 0.4) is 0 Å². The molecule has 4 nitrogen and oxygen atoms in total. The summed E-state index contributed by atoms with van der Waals surface area (Å²) in [5.74, 6) is 0.740. The Morgan fingerprint density at radius 3 is 1.73 bits per heavy atom. The van der Waals surface area contributed by atoms with E-state index in [2.05, 4.69) is 134 Å². The molecule has 45 heavy (non-hydrogen) atoms. The first-order valence-corrected chi connectivity index (χ1v) is 16.3. The Balaban J connectivity index is 1.98. The van der Waals surface area contributed by atoms with Gasteiger partial charge in [-0.1, -0.05) is 128 Å². The van der Waals surface area contributed by atoms with Crippen LogP contribution in [-0.2, 0) is 15.1 Å². The maximum atomic E-state index is 13.0. The number of methoxy groups -OCH3 is 1. The van der Waals surface area contributed by atoms with Crippen LogP contribution >= 0.6 is 0 Å². The van der Waals surface area contributed by atoms with E-state index in [0.29, 0.717) is 0 Å². The zero-order chi connectivity index (χ0) is 32.6. The van der Waals surface area contributed by atoms with Crippen LogP contribution in [0.25, 0.3) is 10.8 Å². The van der Waals surface area contributed by atoms with E-state index in [9.17, 15) is 4.79 Å². The molecular formula is C41H48N2O2. The van der Waals surface area contributed by atoms with Crippen LogP contribution in [0, 0.1) is 0 Å². The molecule has 5 rings (SSSR count). The second-order valence-electron chi connectivity index (χ2n) is 13.6. The smallest absolute Gasteiger partial charge is 0.330 e. The molecule has 0 saturated heterocycles. The third-order valence-electron chi connectivity index (χ3n) is 9.30. The van der Waals surface area contributed by atoms with Crippen LogP contribution < -0.4 is 5.32 Å². The fraction of sp³-hybridized carbons (Fsp3) is 0.366. The lowest BCUT2D eigenvalue weighted by molar-refractivity contribution is -0.134. The van der Waals surface area contributed by atoms with Gasteiger partial charge < -0.3 is 10.1 Å². The van der Waals surface area contributed by atoms with E-state index in [1.165, 1.54) is 29.4 Å². The van der Waals surface area contributed by atoms with E-state index in [4.69, 9.17) is 9.73 Å². The number of anilines is 1. The van der Waals surface area contributed by atoms with Crippen LogP contribution in [0.15, 0.2) is 89.4 Å². The Hall–Kier alpha value is -4.18. The minimum Gasteiger partial charge on any atom is -0.466 e. The van der Waals surface area contributed by atoms with Crippen LogP contribution in [0.5, 0.6) is 0 Å². The minimum absolute atomic E-state index is 0.280. The number of rotatable bonds is 9. The van der Waals surface area contributed by atoms with Gasteiger partial charge in [0.25, 0.3) is 0 Å². The lowest BCUT2D eigenvalue weighted by Crippen LogP contribution is -2.43. The van der Waals surface area contributed by atoms with E-state index in [0.717, 1.165) is 44.6 Å². The van der Waals surface area contributed by atoms with Gasteiger partial charge in [0, 0.05) is 17.3 Å². The summed E-state index contributed by atoms with van der Waals surface area (Å²) in [6.45, 7) is 19.9. The summed E-state index contributed by atoms with van der Waals surface area (Å²) < 4.78 is 5.22. The monoisotopic (exact) mass is 600 g/mol. The molecule has 0 spiro atoms. The summed E-state index contributed by atoms with van der Waals surface area (Å²) in [6, 6.07) is 26.1. The molecule has 0 radical (unpaired) electrons. The summed E-state index contributed by atoms with van der Waals surface area (Å²) in [6.07, 6.45) is 1.64. The van der Waals surface area contributed by atoms with Gasteiger partial charge >= 0.3 is 5.97 Å². The highest BCUT2D eigenvalue weighted by molar-refractivity contribution is 6.26. The van der Waals surface area contributed by atoms with Gasteiger partial charge in [-0.05, 0) is 74.8 Å². The Bertz CT molecular complexity index is 1750. The third-order valence-corrected chi connectivity index (χ3v) is 9.30. The van der Waals surface area contributed by atoms with Gasteiger partial charge in [0.15, 0.2) is 0 Å². The number of hydrogen-bond donors (Lipinski definition) is 1. The van der Waals surface area contributed by atoms with Crippen LogP contribution in [0.2, 0.25) is 0 Å². The Labute approximate surface area is 269 Å². The largest absolute Gasteiger partial charge is 0.466 e. The van der Waals surface area contributed by atoms with E-state index >= 15 is 0 Å². The van der Waals surface area contributed by atoms with Crippen molar-refractivity contribution in [3.8, 4) is 0 Å². The summed E-state index contributed by atoms with van der Waals surface area (Å²) >= 11 is 0. The molecular weight excluding hydrogens is 552 g/mol. The van der Waals surface area contributed by atoms with E-state index in [1.54, 1.807) is 6.08 Å². The first kappa shape index (κ1) is 32.2. The predicted molar refractivity (Wildman–Crippen MR) is 190 cm³/mol. The molecule has 0 bridgehead atoms. The average Bonchev–Trinajstić information content (AvgIpc) is 3.27. The lowest BCUT2D eigenvalue weighted by Gasteiger charge is -2.38. The number of nitrogens with one attached hydrogen (secondary N) is 1. The van der Waals surface area contributed by atoms with Crippen molar-refractivity contribution in [1.82, 2.24) is 0 Å². The molecule has 0 amide bonds. The van der Waals surface area contributed by atoms with Crippen molar-refractivity contribution in [1.29, 1.82) is 0 Å². The van der Waals surface area contributed by atoms with Gasteiger partial charge in [0.2, 0.25) is 0 Å². The summed E-state index contributed by atoms with van der Waals surface area (Å²) in [4.78, 5) is 18.8. The average molecular weight is 601 g/mol. The molecule has 4 aromatic carbocycles. The molecule has 1 unspecified atom stereocenters. The van der Waals surface area contributed by atoms with Crippen molar-refractivity contribution in [2.45, 2.75) is 91.5 Å². The second-order valence-corrected chi connectivity index (χ2v) is 13.6. The number of carbonyl (C=O) groups excluding carboxylic acids is 1. The molecule has 234 valence electrons. The zero-order valence-electron chi connectivity index (χ0n) is 28.6. The van der Waals surface area contributed by atoms with Crippen molar-refractivity contribution in [2.75, 3.05) is 12.4 Å². The van der Waals surface area contributed by atoms with Gasteiger partial charge in [0.1, 0.15) is 5.54 Å². The highest BCUT2D eigenvalue weighted by Crippen LogP contribution is 2.51. The fourth-order valence-corrected chi connectivity index (χ4v) is 6.93. The van der Waals surface area contributed by atoms with E-state index in [1.807, 2.05) is 6.92 Å². The Morgan fingerprint density at radius 1 is 0.733 bits per heavy atom. The molecule has 0 saturated carbocycles. The van der Waals surface area contributed by atoms with Crippen molar-refractivity contribution >= 4 is 33.8 Å². The SMILES string of the molecule is COC(=O)C=C(C)C1(Nc2c(C(C)C)cccc2C(C)C)C(=Nc2c(C(C)C)cccc2C(C)C)c2cccc3cccc1c23. The quantitative estimate of drug-likeness (QED) is 0.154. The molecule has 1 atom stereocenters.